The number of hydrogen-bond donors (Lipinski definition) is 2. The standard InChI is InChI=1S/C10H14ClNO3S/c1-8-3-4-10(9(11)7-8)12-5-2-6-16(13,14)15/h3-4,7,12H,2,5-6H2,1H3,(H,13,14,15). The largest absolute Gasteiger partial charge is 0.384 e. The number of aryl methyl sites for hydroxylation is 1. The van der Waals surface area contributed by atoms with Crippen LogP contribution in [0.1, 0.15) is 12.0 Å². The van der Waals surface area contributed by atoms with Crippen LogP contribution in [-0.4, -0.2) is 25.3 Å². The van der Waals surface area contributed by atoms with Gasteiger partial charge in [0.05, 0.1) is 16.5 Å². The highest BCUT2D eigenvalue weighted by atomic mass is 35.5. The van der Waals surface area contributed by atoms with Crippen LogP contribution in [0.15, 0.2) is 18.2 Å². The Balaban J connectivity index is 2.43. The van der Waals surface area contributed by atoms with Gasteiger partial charge in [0.15, 0.2) is 0 Å². The molecule has 0 aliphatic rings. The fraction of sp³-hybridized carbons (Fsp3) is 0.400. The molecule has 1 aromatic carbocycles. The quantitative estimate of drug-likeness (QED) is 0.632. The normalized spacial score (nSPS) is 11.4. The second-order valence-electron chi connectivity index (χ2n) is 3.55. The molecule has 1 aromatic rings. The minimum Gasteiger partial charge on any atom is -0.384 e. The van der Waals surface area contributed by atoms with Crippen LogP contribution in [0.4, 0.5) is 5.69 Å². The molecule has 16 heavy (non-hydrogen) atoms. The van der Waals surface area contributed by atoms with Crippen molar-refractivity contribution in [3.63, 3.8) is 0 Å². The first-order valence-electron chi connectivity index (χ1n) is 4.84. The predicted octanol–water partition coefficient (Wildman–Crippen LogP) is 2.34. The zero-order chi connectivity index (χ0) is 12.2. The summed E-state index contributed by atoms with van der Waals surface area (Å²) < 4.78 is 29.4. The molecule has 0 aliphatic heterocycles. The Morgan fingerprint density at radius 2 is 2.12 bits per heavy atom. The van der Waals surface area contributed by atoms with E-state index in [0.29, 0.717) is 18.0 Å². The van der Waals surface area contributed by atoms with Crippen LogP contribution in [0.5, 0.6) is 0 Å². The van der Waals surface area contributed by atoms with Crippen LogP contribution in [0.3, 0.4) is 0 Å². The fourth-order valence-corrected chi connectivity index (χ4v) is 2.05. The second kappa shape index (κ2) is 5.52. The Morgan fingerprint density at radius 3 is 2.69 bits per heavy atom. The SMILES string of the molecule is Cc1ccc(NCCCS(=O)(=O)O)c(Cl)c1. The maximum atomic E-state index is 10.5. The summed E-state index contributed by atoms with van der Waals surface area (Å²) in [5, 5.41) is 3.61. The monoisotopic (exact) mass is 263 g/mol. The molecule has 0 amide bonds. The average molecular weight is 264 g/mol. The maximum absolute atomic E-state index is 10.5. The van der Waals surface area contributed by atoms with Crippen molar-refractivity contribution in [1.82, 2.24) is 0 Å². The van der Waals surface area contributed by atoms with Gasteiger partial charge in [0.25, 0.3) is 10.1 Å². The zero-order valence-corrected chi connectivity index (χ0v) is 10.5. The van der Waals surface area contributed by atoms with E-state index in [-0.39, 0.29) is 5.75 Å². The molecule has 4 nitrogen and oxygen atoms in total. The molecule has 1 rings (SSSR count). The number of halogens is 1. The predicted molar refractivity (Wildman–Crippen MR) is 65.7 cm³/mol. The van der Waals surface area contributed by atoms with Gasteiger partial charge in [-0.1, -0.05) is 17.7 Å². The van der Waals surface area contributed by atoms with Crippen molar-refractivity contribution in [3.05, 3.63) is 28.8 Å². The van der Waals surface area contributed by atoms with E-state index in [9.17, 15) is 8.42 Å². The molecule has 6 heteroatoms. The highest BCUT2D eigenvalue weighted by molar-refractivity contribution is 7.85. The Labute approximate surface area is 100 Å². The summed E-state index contributed by atoms with van der Waals surface area (Å²) in [5.74, 6) is -0.247. The van der Waals surface area contributed by atoms with E-state index in [1.165, 1.54) is 0 Å². The Hall–Kier alpha value is -0.780. The molecule has 2 N–H and O–H groups in total. The van der Waals surface area contributed by atoms with Crippen molar-refractivity contribution in [2.45, 2.75) is 13.3 Å². The lowest BCUT2D eigenvalue weighted by atomic mass is 10.2. The summed E-state index contributed by atoms with van der Waals surface area (Å²) in [4.78, 5) is 0. The van der Waals surface area contributed by atoms with Gasteiger partial charge in [0, 0.05) is 6.54 Å². The third kappa shape index (κ3) is 4.83. The van der Waals surface area contributed by atoms with Crippen molar-refractivity contribution in [2.75, 3.05) is 17.6 Å². The lowest BCUT2D eigenvalue weighted by Crippen LogP contribution is -2.10. The van der Waals surface area contributed by atoms with Crippen LogP contribution in [0.2, 0.25) is 5.02 Å². The Bertz CT molecular complexity index is 459. The first-order valence-corrected chi connectivity index (χ1v) is 6.82. The Morgan fingerprint density at radius 1 is 1.44 bits per heavy atom. The summed E-state index contributed by atoms with van der Waals surface area (Å²) in [5.41, 5.74) is 1.83. The Kier molecular flexibility index (Phi) is 4.58. The lowest BCUT2D eigenvalue weighted by Gasteiger charge is -2.08. The summed E-state index contributed by atoms with van der Waals surface area (Å²) in [6, 6.07) is 5.58. The average Bonchev–Trinajstić information content (AvgIpc) is 2.13. The number of anilines is 1. The van der Waals surface area contributed by atoms with Gasteiger partial charge < -0.3 is 5.32 Å². The van der Waals surface area contributed by atoms with E-state index in [1.54, 1.807) is 0 Å². The van der Waals surface area contributed by atoms with Crippen molar-refractivity contribution in [2.24, 2.45) is 0 Å². The van der Waals surface area contributed by atoms with Gasteiger partial charge >= 0.3 is 0 Å². The first kappa shape index (κ1) is 13.3. The highest BCUT2D eigenvalue weighted by Crippen LogP contribution is 2.22. The molecule has 0 bridgehead atoms. The third-order valence-electron chi connectivity index (χ3n) is 2.02. The van der Waals surface area contributed by atoms with Gasteiger partial charge in [0.1, 0.15) is 0 Å². The van der Waals surface area contributed by atoms with E-state index in [4.69, 9.17) is 16.2 Å². The van der Waals surface area contributed by atoms with E-state index < -0.39 is 10.1 Å². The molecular formula is C10H14ClNO3S. The van der Waals surface area contributed by atoms with Gasteiger partial charge in [-0.25, -0.2) is 0 Å². The molecule has 0 atom stereocenters. The zero-order valence-electron chi connectivity index (χ0n) is 8.90. The molecule has 0 aliphatic carbocycles. The molecule has 0 saturated heterocycles. The number of nitrogens with one attached hydrogen (secondary N) is 1. The van der Waals surface area contributed by atoms with Crippen LogP contribution in [0.25, 0.3) is 0 Å². The van der Waals surface area contributed by atoms with Gasteiger partial charge in [-0.2, -0.15) is 8.42 Å². The molecule has 0 aromatic heterocycles. The summed E-state index contributed by atoms with van der Waals surface area (Å²) in [6.07, 6.45) is 0.336. The molecular weight excluding hydrogens is 250 g/mol. The van der Waals surface area contributed by atoms with E-state index >= 15 is 0 Å². The summed E-state index contributed by atoms with van der Waals surface area (Å²) >= 11 is 5.97. The first-order chi connectivity index (χ1) is 7.38. The summed E-state index contributed by atoms with van der Waals surface area (Å²) in [7, 11) is -3.87. The van der Waals surface area contributed by atoms with Gasteiger partial charge in [-0.05, 0) is 31.0 Å². The minimum atomic E-state index is -3.87. The van der Waals surface area contributed by atoms with E-state index in [1.807, 2.05) is 25.1 Å². The molecule has 0 heterocycles. The van der Waals surface area contributed by atoms with E-state index in [2.05, 4.69) is 5.32 Å². The van der Waals surface area contributed by atoms with Crippen molar-refractivity contribution < 1.29 is 13.0 Å². The highest BCUT2D eigenvalue weighted by Gasteiger charge is 2.04. The van der Waals surface area contributed by atoms with Gasteiger partial charge in [-0.3, -0.25) is 4.55 Å². The fourth-order valence-electron chi connectivity index (χ4n) is 1.24. The topological polar surface area (TPSA) is 66.4 Å². The van der Waals surface area contributed by atoms with Gasteiger partial charge in [0.2, 0.25) is 0 Å². The molecule has 0 fully saturated rings. The van der Waals surface area contributed by atoms with Crippen LogP contribution < -0.4 is 5.32 Å². The smallest absolute Gasteiger partial charge is 0.264 e. The van der Waals surface area contributed by atoms with E-state index in [0.717, 1.165) is 11.3 Å². The van der Waals surface area contributed by atoms with Crippen LogP contribution >= 0.6 is 11.6 Å². The molecule has 0 spiro atoms. The van der Waals surface area contributed by atoms with Crippen molar-refractivity contribution >= 4 is 27.4 Å². The van der Waals surface area contributed by atoms with Crippen molar-refractivity contribution in [3.8, 4) is 0 Å². The molecule has 0 saturated carbocycles. The lowest BCUT2D eigenvalue weighted by molar-refractivity contribution is 0.481. The molecule has 90 valence electrons. The van der Waals surface area contributed by atoms with Crippen molar-refractivity contribution in [1.29, 1.82) is 0 Å². The maximum Gasteiger partial charge on any atom is 0.264 e. The van der Waals surface area contributed by atoms with Crippen LogP contribution in [-0.2, 0) is 10.1 Å². The van der Waals surface area contributed by atoms with Crippen LogP contribution in [0, 0.1) is 6.92 Å². The molecule has 0 radical (unpaired) electrons. The number of hydrogen-bond acceptors (Lipinski definition) is 3. The van der Waals surface area contributed by atoms with Gasteiger partial charge in [-0.15, -0.1) is 0 Å². The minimum absolute atomic E-state index is 0.247. The third-order valence-corrected chi connectivity index (χ3v) is 3.14. The number of rotatable bonds is 5. The molecule has 0 unspecified atom stereocenters. The summed E-state index contributed by atoms with van der Waals surface area (Å²) in [6.45, 7) is 2.39. The second-order valence-corrected chi connectivity index (χ2v) is 5.53. The number of benzene rings is 1.